The molecule has 0 aliphatic carbocycles. The maximum Gasteiger partial charge on any atom is 0.379 e. The number of ether oxygens (including phenoxy) is 1. The summed E-state index contributed by atoms with van der Waals surface area (Å²) < 4.78 is 7.41. The van der Waals surface area contributed by atoms with Gasteiger partial charge in [0.05, 0.1) is 12.2 Å². The van der Waals surface area contributed by atoms with Crippen LogP contribution in [0.4, 0.5) is 0 Å². The monoisotopic (exact) mass is 309 g/mol. The van der Waals surface area contributed by atoms with Gasteiger partial charge >= 0.3 is 5.97 Å². The van der Waals surface area contributed by atoms with E-state index in [0.29, 0.717) is 5.56 Å². The molecule has 2 aromatic rings. The highest BCUT2D eigenvalue weighted by atomic mass is 79.9. The number of rotatable bonds is 3. The molecule has 0 aliphatic heterocycles. The van der Waals surface area contributed by atoms with E-state index in [1.807, 2.05) is 29.8 Å². The van der Waals surface area contributed by atoms with Crippen molar-refractivity contribution in [3.63, 3.8) is 0 Å². The minimum absolute atomic E-state index is 0.193. The molecule has 2 rings (SSSR count). The van der Waals surface area contributed by atoms with Gasteiger partial charge in [0.1, 0.15) is 0 Å². The van der Waals surface area contributed by atoms with Crippen LogP contribution in [0.25, 0.3) is 10.9 Å². The summed E-state index contributed by atoms with van der Waals surface area (Å²) in [5.74, 6) is -1.43. The molecular weight excluding hydrogens is 298 g/mol. The van der Waals surface area contributed by atoms with Gasteiger partial charge in [-0.1, -0.05) is 15.9 Å². The van der Waals surface area contributed by atoms with E-state index in [4.69, 9.17) is 4.74 Å². The number of hydrogen-bond donors (Lipinski definition) is 0. The van der Waals surface area contributed by atoms with Crippen molar-refractivity contribution in [2.45, 2.75) is 6.92 Å². The standard InChI is InChI=1S/C13H12BrNO3/c1-3-18-13(17)12(16)10-7-15(2)11-5-4-8(14)6-9(10)11/h4-7H,3H2,1-2H3. The summed E-state index contributed by atoms with van der Waals surface area (Å²) in [4.78, 5) is 23.5. The van der Waals surface area contributed by atoms with Crippen molar-refractivity contribution in [3.8, 4) is 0 Å². The van der Waals surface area contributed by atoms with Crippen LogP contribution in [0.5, 0.6) is 0 Å². The molecule has 0 bridgehead atoms. The molecule has 0 radical (unpaired) electrons. The minimum atomic E-state index is -0.815. The Morgan fingerprint density at radius 2 is 2.11 bits per heavy atom. The number of carbonyl (C=O) groups excluding carboxylic acids is 2. The predicted molar refractivity (Wildman–Crippen MR) is 71.6 cm³/mol. The maximum atomic E-state index is 12.0. The summed E-state index contributed by atoms with van der Waals surface area (Å²) in [6, 6.07) is 5.60. The van der Waals surface area contributed by atoms with E-state index < -0.39 is 11.8 Å². The lowest BCUT2D eigenvalue weighted by Crippen LogP contribution is -2.17. The SMILES string of the molecule is CCOC(=O)C(=O)c1cn(C)c2ccc(Br)cc12. The molecule has 4 nitrogen and oxygen atoms in total. The van der Waals surface area contributed by atoms with Gasteiger partial charge < -0.3 is 9.30 Å². The van der Waals surface area contributed by atoms with Crippen LogP contribution >= 0.6 is 15.9 Å². The predicted octanol–water partition coefficient (Wildman–Crippen LogP) is 2.69. The van der Waals surface area contributed by atoms with E-state index in [1.54, 1.807) is 13.1 Å². The Morgan fingerprint density at radius 3 is 2.78 bits per heavy atom. The van der Waals surface area contributed by atoms with Crippen molar-refractivity contribution >= 4 is 38.6 Å². The lowest BCUT2D eigenvalue weighted by atomic mass is 10.1. The lowest BCUT2D eigenvalue weighted by Gasteiger charge is -1.99. The van der Waals surface area contributed by atoms with Crippen molar-refractivity contribution in [2.75, 3.05) is 6.61 Å². The highest BCUT2D eigenvalue weighted by Crippen LogP contribution is 2.25. The molecular formula is C13H12BrNO3. The Kier molecular flexibility index (Phi) is 3.52. The third-order valence-electron chi connectivity index (χ3n) is 2.66. The number of hydrogen-bond acceptors (Lipinski definition) is 3. The Hall–Kier alpha value is -1.62. The van der Waals surface area contributed by atoms with Crippen LogP contribution in [0.2, 0.25) is 0 Å². The first-order chi connectivity index (χ1) is 8.54. The molecule has 1 heterocycles. The summed E-state index contributed by atoms with van der Waals surface area (Å²) in [7, 11) is 1.83. The highest BCUT2D eigenvalue weighted by molar-refractivity contribution is 9.10. The number of halogens is 1. The van der Waals surface area contributed by atoms with Crippen LogP contribution in [0.15, 0.2) is 28.9 Å². The second kappa shape index (κ2) is 4.94. The minimum Gasteiger partial charge on any atom is -0.460 e. The van der Waals surface area contributed by atoms with E-state index in [-0.39, 0.29) is 6.61 Å². The second-order valence-electron chi connectivity index (χ2n) is 3.86. The van der Waals surface area contributed by atoms with Gasteiger partial charge in [-0.2, -0.15) is 0 Å². The Morgan fingerprint density at radius 1 is 1.39 bits per heavy atom. The second-order valence-corrected chi connectivity index (χ2v) is 4.78. The molecule has 94 valence electrons. The van der Waals surface area contributed by atoms with Gasteiger partial charge in [0.25, 0.3) is 5.78 Å². The zero-order chi connectivity index (χ0) is 13.3. The smallest absolute Gasteiger partial charge is 0.379 e. The summed E-state index contributed by atoms with van der Waals surface area (Å²) in [6.07, 6.45) is 1.65. The normalized spacial score (nSPS) is 10.6. The van der Waals surface area contributed by atoms with E-state index in [2.05, 4.69) is 15.9 Å². The molecule has 5 heteroatoms. The molecule has 0 aliphatic rings. The van der Waals surface area contributed by atoms with Crippen LogP contribution in [-0.2, 0) is 16.6 Å². The molecule has 0 atom stereocenters. The summed E-state index contributed by atoms with van der Waals surface area (Å²) in [5.41, 5.74) is 1.26. The van der Waals surface area contributed by atoms with Crippen molar-refractivity contribution in [1.29, 1.82) is 0 Å². The van der Waals surface area contributed by atoms with Crippen LogP contribution in [-0.4, -0.2) is 22.9 Å². The summed E-state index contributed by atoms with van der Waals surface area (Å²) in [5, 5.41) is 0.741. The first kappa shape index (κ1) is 12.8. The molecule has 0 spiro atoms. The fourth-order valence-corrected chi connectivity index (χ4v) is 2.21. The fourth-order valence-electron chi connectivity index (χ4n) is 1.85. The average molecular weight is 310 g/mol. The van der Waals surface area contributed by atoms with Crippen molar-refractivity contribution < 1.29 is 14.3 Å². The number of carbonyl (C=O) groups is 2. The van der Waals surface area contributed by atoms with Crippen molar-refractivity contribution in [3.05, 3.63) is 34.4 Å². The number of nitrogens with zero attached hydrogens (tertiary/aromatic N) is 1. The number of aromatic nitrogens is 1. The first-order valence-electron chi connectivity index (χ1n) is 5.50. The molecule has 0 unspecified atom stereocenters. The Bertz CT molecular complexity index is 630. The van der Waals surface area contributed by atoms with Crippen LogP contribution in [0.1, 0.15) is 17.3 Å². The van der Waals surface area contributed by atoms with E-state index in [9.17, 15) is 9.59 Å². The van der Waals surface area contributed by atoms with Crippen LogP contribution in [0.3, 0.4) is 0 Å². The molecule has 0 saturated heterocycles. The highest BCUT2D eigenvalue weighted by Gasteiger charge is 2.22. The number of ketones is 1. The molecule has 0 N–H and O–H groups in total. The third kappa shape index (κ3) is 2.18. The van der Waals surface area contributed by atoms with Gasteiger partial charge in [-0.05, 0) is 25.1 Å². The molecule has 18 heavy (non-hydrogen) atoms. The van der Waals surface area contributed by atoms with Crippen molar-refractivity contribution in [2.24, 2.45) is 7.05 Å². The van der Waals surface area contributed by atoms with Crippen molar-refractivity contribution in [1.82, 2.24) is 4.57 Å². The number of esters is 1. The maximum absolute atomic E-state index is 12.0. The number of aryl methyl sites for hydroxylation is 1. The summed E-state index contributed by atoms with van der Waals surface area (Å²) >= 11 is 3.36. The largest absolute Gasteiger partial charge is 0.460 e. The van der Waals surface area contributed by atoms with E-state index >= 15 is 0 Å². The van der Waals surface area contributed by atoms with Crippen LogP contribution in [0, 0.1) is 0 Å². The van der Waals surface area contributed by atoms with E-state index in [0.717, 1.165) is 15.4 Å². The van der Waals surface area contributed by atoms with E-state index in [1.165, 1.54) is 0 Å². The molecule has 0 fully saturated rings. The molecule has 1 aromatic heterocycles. The van der Waals surface area contributed by atoms with Crippen LogP contribution < -0.4 is 0 Å². The fraction of sp³-hybridized carbons (Fsp3) is 0.231. The van der Waals surface area contributed by atoms with Gasteiger partial charge in [-0.15, -0.1) is 0 Å². The van der Waals surface area contributed by atoms with Gasteiger partial charge in [0, 0.05) is 28.6 Å². The zero-order valence-corrected chi connectivity index (χ0v) is 11.7. The average Bonchev–Trinajstić information content (AvgIpc) is 2.65. The first-order valence-corrected chi connectivity index (χ1v) is 6.30. The summed E-state index contributed by atoms with van der Waals surface area (Å²) in [6.45, 7) is 1.86. The molecule has 0 saturated carbocycles. The number of benzene rings is 1. The quantitative estimate of drug-likeness (QED) is 0.497. The Labute approximate surface area is 113 Å². The van der Waals surface area contributed by atoms with Gasteiger partial charge in [0.2, 0.25) is 0 Å². The van der Waals surface area contributed by atoms with Gasteiger partial charge in [-0.3, -0.25) is 4.79 Å². The zero-order valence-electron chi connectivity index (χ0n) is 10.1. The molecule has 1 aromatic carbocycles. The van der Waals surface area contributed by atoms with Gasteiger partial charge in [-0.25, -0.2) is 4.79 Å². The number of fused-ring (bicyclic) bond motifs is 1. The lowest BCUT2D eigenvalue weighted by molar-refractivity contribution is -0.137. The molecule has 0 amide bonds. The Balaban J connectivity index is 2.54. The third-order valence-corrected chi connectivity index (χ3v) is 3.15. The van der Waals surface area contributed by atoms with Gasteiger partial charge in [0.15, 0.2) is 0 Å². The number of Topliss-reactive ketones (excluding diaryl/α,β-unsaturated/α-hetero) is 1. The topological polar surface area (TPSA) is 48.3 Å².